The number of aromatic nitrogens is 3. The molecule has 0 spiro atoms. The molecule has 1 unspecified atom stereocenters. The van der Waals surface area contributed by atoms with E-state index in [4.69, 9.17) is 0 Å². The fourth-order valence-corrected chi connectivity index (χ4v) is 5.91. The quantitative estimate of drug-likeness (QED) is 0.258. The number of carbonyl (C=O) groups excluding carboxylic acids is 1. The number of amides is 1. The number of thiophene rings is 1. The molecule has 11 heteroatoms. The Balaban J connectivity index is 1.48. The number of fused-ring (bicyclic) bond motifs is 1. The maximum Gasteiger partial charge on any atom is 0.354 e. The lowest BCUT2D eigenvalue weighted by Crippen LogP contribution is -2.32. The average molecular weight is 560 g/mol. The number of pyridine rings is 1. The maximum absolute atomic E-state index is 13.0. The van der Waals surface area contributed by atoms with Gasteiger partial charge < -0.3 is 14.2 Å². The fourth-order valence-electron chi connectivity index (χ4n) is 4.41. The zero-order valence-corrected chi connectivity index (χ0v) is 22.7. The number of hydrogen-bond acceptors (Lipinski definition) is 7. The van der Waals surface area contributed by atoms with Crippen LogP contribution in [0.3, 0.4) is 0 Å². The van der Waals surface area contributed by atoms with Crippen molar-refractivity contribution >= 4 is 51.3 Å². The van der Waals surface area contributed by atoms with Gasteiger partial charge in [-0.3, -0.25) is 9.00 Å². The molecule has 0 radical (unpaired) electrons. The summed E-state index contributed by atoms with van der Waals surface area (Å²) in [4.78, 5) is 34.3. The first-order chi connectivity index (χ1) is 18.8. The van der Waals surface area contributed by atoms with Crippen molar-refractivity contribution in [3.05, 3.63) is 100 Å². The molecule has 0 saturated heterocycles. The summed E-state index contributed by atoms with van der Waals surface area (Å²) < 4.78 is 27.0. The van der Waals surface area contributed by atoms with Crippen molar-refractivity contribution in [3.63, 3.8) is 0 Å². The van der Waals surface area contributed by atoms with Crippen LogP contribution in [-0.2, 0) is 24.2 Å². The molecule has 0 aliphatic rings. The summed E-state index contributed by atoms with van der Waals surface area (Å²) in [6.45, 7) is 4.23. The van der Waals surface area contributed by atoms with Gasteiger partial charge in [0.15, 0.2) is 11.3 Å². The van der Waals surface area contributed by atoms with Gasteiger partial charge in [-0.1, -0.05) is 49.4 Å². The second-order valence-corrected chi connectivity index (χ2v) is 10.5. The number of anilines is 1. The van der Waals surface area contributed by atoms with E-state index in [9.17, 15) is 23.5 Å². The Morgan fingerprint density at radius 2 is 1.79 bits per heavy atom. The largest absolute Gasteiger partial charge is 0.755 e. The smallest absolute Gasteiger partial charge is 0.354 e. The summed E-state index contributed by atoms with van der Waals surface area (Å²) in [6, 6.07) is 19.0. The third kappa shape index (κ3) is 5.11. The number of imidazole rings is 1. The molecule has 1 atom stereocenters. The molecule has 0 saturated carbocycles. The van der Waals surface area contributed by atoms with Gasteiger partial charge in [0.05, 0.1) is 28.4 Å². The summed E-state index contributed by atoms with van der Waals surface area (Å²) in [5, 5.41) is 11.2. The first-order valence-corrected chi connectivity index (χ1v) is 13.9. The van der Waals surface area contributed by atoms with Gasteiger partial charge in [-0.2, -0.15) is 0 Å². The summed E-state index contributed by atoms with van der Waals surface area (Å²) in [5.41, 5.74) is 4.14. The van der Waals surface area contributed by atoms with Crippen molar-refractivity contribution in [2.45, 2.75) is 26.8 Å². The number of hydrogen-bond donors (Lipinski definition) is 1. The lowest BCUT2D eigenvalue weighted by atomic mass is 10.1. The second kappa shape index (κ2) is 10.9. The minimum absolute atomic E-state index is 0.0326. The molecule has 9 nitrogen and oxygen atoms in total. The number of rotatable bonds is 8. The van der Waals surface area contributed by atoms with Crippen molar-refractivity contribution in [2.24, 2.45) is 0 Å². The van der Waals surface area contributed by atoms with Crippen LogP contribution in [0.2, 0.25) is 0 Å². The number of nitrogens with zero attached hydrogens (tertiary/aromatic N) is 4. The van der Waals surface area contributed by atoms with E-state index in [2.05, 4.69) is 9.97 Å². The number of carbonyl (C=O) groups is 2. The van der Waals surface area contributed by atoms with Gasteiger partial charge in [-0.05, 0) is 53.3 Å². The maximum atomic E-state index is 13.0. The third-order valence-electron chi connectivity index (χ3n) is 6.28. The molecule has 0 aliphatic heterocycles. The first kappa shape index (κ1) is 26.4. The first-order valence-electron chi connectivity index (χ1n) is 12.0. The minimum Gasteiger partial charge on any atom is -0.755 e. The number of aromatic carboxylic acids is 1. The molecule has 3 aromatic heterocycles. The molecule has 5 rings (SSSR count). The molecule has 0 bridgehead atoms. The molecular weight excluding hydrogens is 536 g/mol. The topological polar surface area (TPSA) is 128 Å². The highest BCUT2D eigenvalue weighted by Gasteiger charge is 2.23. The average Bonchev–Trinajstić information content (AvgIpc) is 3.55. The zero-order chi connectivity index (χ0) is 27.7. The van der Waals surface area contributed by atoms with E-state index in [0.29, 0.717) is 29.0 Å². The molecule has 0 fully saturated rings. The van der Waals surface area contributed by atoms with Gasteiger partial charge in [-0.25, -0.2) is 19.1 Å². The lowest BCUT2D eigenvalue weighted by Gasteiger charge is -2.24. The van der Waals surface area contributed by atoms with Gasteiger partial charge in [0.2, 0.25) is 0 Å². The van der Waals surface area contributed by atoms with Crippen LogP contribution in [0.4, 0.5) is 5.69 Å². The van der Waals surface area contributed by atoms with E-state index in [1.165, 1.54) is 17.4 Å². The van der Waals surface area contributed by atoms with Crippen molar-refractivity contribution in [2.75, 3.05) is 4.31 Å². The number of aryl methyl sites for hydroxylation is 2. The summed E-state index contributed by atoms with van der Waals surface area (Å²) in [5.74, 6) is -0.940. The van der Waals surface area contributed by atoms with Crippen LogP contribution < -0.4 is 4.31 Å². The van der Waals surface area contributed by atoms with E-state index in [0.717, 1.165) is 26.8 Å². The van der Waals surface area contributed by atoms with Crippen molar-refractivity contribution in [3.8, 4) is 10.4 Å². The Hall–Kier alpha value is -4.19. The highest BCUT2D eigenvalue weighted by molar-refractivity contribution is 7.81. The molecule has 39 heavy (non-hydrogen) atoms. The van der Waals surface area contributed by atoms with Crippen LogP contribution in [0, 0.1) is 6.92 Å². The van der Waals surface area contributed by atoms with Crippen LogP contribution in [0.25, 0.3) is 21.6 Å². The van der Waals surface area contributed by atoms with Crippen molar-refractivity contribution in [1.82, 2.24) is 14.5 Å². The molecule has 0 aliphatic carbocycles. The summed E-state index contributed by atoms with van der Waals surface area (Å²) in [7, 11) is 0. The highest BCUT2D eigenvalue weighted by atomic mass is 32.2. The SMILES string of the molecule is CCc1nc2c(C)cc(C(=O)O)nc2n1Cc1ccc(-c2sccc2N(C(=O)c2ccccc2)S(=O)[O-])cc1. The molecule has 198 valence electrons. The van der Waals surface area contributed by atoms with Crippen LogP contribution in [0.15, 0.2) is 72.1 Å². The fraction of sp³-hybridized carbons (Fsp3) is 0.143. The lowest BCUT2D eigenvalue weighted by molar-refractivity contribution is 0.0690. The Labute approximate surface area is 230 Å². The van der Waals surface area contributed by atoms with Gasteiger partial charge >= 0.3 is 5.97 Å². The zero-order valence-electron chi connectivity index (χ0n) is 21.0. The van der Waals surface area contributed by atoms with E-state index >= 15 is 0 Å². The summed E-state index contributed by atoms with van der Waals surface area (Å²) in [6.07, 6.45) is 0.645. The van der Waals surface area contributed by atoms with Crippen LogP contribution in [0.5, 0.6) is 0 Å². The van der Waals surface area contributed by atoms with Gasteiger partial charge in [0.1, 0.15) is 11.3 Å². The highest BCUT2D eigenvalue weighted by Crippen LogP contribution is 2.37. The molecule has 1 N–H and O–H groups in total. The van der Waals surface area contributed by atoms with E-state index in [1.807, 2.05) is 42.7 Å². The Morgan fingerprint density at radius 3 is 2.44 bits per heavy atom. The van der Waals surface area contributed by atoms with Crippen molar-refractivity contribution in [1.29, 1.82) is 0 Å². The predicted octanol–water partition coefficient (Wildman–Crippen LogP) is 5.22. The van der Waals surface area contributed by atoms with Crippen molar-refractivity contribution < 1.29 is 23.5 Å². The standard InChI is InChI=1S/C28H24N4O5S2/c1-3-23-30-24-17(2)15-21(28(34)35)29-26(24)31(23)16-18-9-11-19(12-10-18)25-22(13-14-38-25)32(39(36)37)27(33)20-7-5-4-6-8-20/h4-15H,3,16H2,1-2H3,(H,34,35)(H,36,37)/p-1. The number of benzene rings is 2. The number of carboxylic acid groups (broad SMARTS) is 1. The normalized spacial score (nSPS) is 12.0. The Morgan fingerprint density at radius 1 is 1.08 bits per heavy atom. The van der Waals surface area contributed by atoms with E-state index in [-0.39, 0.29) is 16.9 Å². The van der Waals surface area contributed by atoms with Crippen LogP contribution in [-0.4, -0.2) is 40.3 Å². The van der Waals surface area contributed by atoms with Gasteiger partial charge in [0.25, 0.3) is 5.91 Å². The summed E-state index contributed by atoms with van der Waals surface area (Å²) >= 11 is -1.48. The van der Waals surface area contributed by atoms with Gasteiger partial charge in [-0.15, -0.1) is 11.3 Å². The minimum atomic E-state index is -2.82. The van der Waals surface area contributed by atoms with Crippen LogP contribution >= 0.6 is 11.3 Å². The molecule has 5 aromatic rings. The molecule has 1 amide bonds. The van der Waals surface area contributed by atoms with E-state index in [1.54, 1.807) is 41.8 Å². The molecular formula is C28H23N4O5S2-. The molecule has 2 aromatic carbocycles. The Bertz CT molecular complexity index is 1710. The second-order valence-electron chi connectivity index (χ2n) is 8.78. The third-order valence-corrected chi connectivity index (χ3v) is 7.90. The monoisotopic (exact) mass is 559 g/mol. The van der Waals surface area contributed by atoms with Gasteiger partial charge in [0, 0.05) is 12.0 Å². The van der Waals surface area contributed by atoms with E-state index < -0.39 is 23.1 Å². The number of carboxylic acids is 1. The predicted molar refractivity (Wildman–Crippen MR) is 150 cm³/mol. The molecule has 3 heterocycles. The Kier molecular flexibility index (Phi) is 7.38. The van der Waals surface area contributed by atoms with Crippen LogP contribution in [0.1, 0.15) is 44.7 Å².